The molecule has 7 nitrogen and oxygen atoms in total. The van der Waals surface area contributed by atoms with Crippen LogP contribution in [0.25, 0.3) is 10.9 Å². The molecule has 21 heavy (non-hydrogen) atoms. The molecule has 0 spiro atoms. The van der Waals surface area contributed by atoms with Gasteiger partial charge in [-0.2, -0.15) is 10.2 Å². The molecule has 0 aliphatic rings. The van der Waals surface area contributed by atoms with E-state index in [0.717, 1.165) is 22.5 Å². The lowest BCUT2D eigenvalue weighted by Gasteiger charge is -2.01. The van der Waals surface area contributed by atoms with E-state index in [-0.39, 0.29) is 5.69 Å². The van der Waals surface area contributed by atoms with Gasteiger partial charge in [0, 0.05) is 36.7 Å². The first kappa shape index (κ1) is 13.6. The van der Waals surface area contributed by atoms with Crippen LogP contribution in [0.15, 0.2) is 18.2 Å². The number of nitro benzene ring substituents is 1. The Morgan fingerprint density at radius 2 is 2.24 bits per heavy atom. The van der Waals surface area contributed by atoms with Crippen LogP contribution in [0.3, 0.4) is 0 Å². The smallest absolute Gasteiger partial charge is 0.270 e. The third-order valence-electron chi connectivity index (χ3n) is 3.43. The van der Waals surface area contributed by atoms with Crippen LogP contribution in [0.5, 0.6) is 0 Å². The van der Waals surface area contributed by atoms with Gasteiger partial charge in [0.05, 0.1) is 26.9 Å². The summed E-state index contributed by atoms with van der Waals surface area (Å²) < 4.78 is 1.71. The number of rotatable bonds is 3. The van der Waals surface area contributed by atoms with Gasteiger partial charge < -0.3 is 0 Å². The maximum Gasteiger partial charge on any atom is 0.270 e. The molecule has 2 aromatic heterocycles. The predicted molar refractivity (Wildman–Crippen MR) is 78.5 cm³/mol. The van der Waals surface area contributed by atoms with Crippen molar-refractivity contribution in [2.24, 2.45) is 7.05 Å². The Balaban J connectivity index is 2.08. The van der Waals surface area contributed by atoms with Crippen molar-refractivity contribution in [1.82, 2.24) is 20.0 Å². The van der Waals surface area contributed by atoms with Gasteiger partial charge in [0.25, 0.3) is 5.69 Å². The van der Waals surface area contributed by atoms with Crippen LogP contribution >= 0.6 is 11.6 Å². The summed E-state index contributed by atoms with van der Waals surface area (Å²) in [5.41, 5.74) is 3.09. The summed E-state index contributed by atoms with van der Waals surface area (Å²) in [7, 11) is 1.81. The average Bonchev–Trinajstić information content (AvgIpc) is 2.95. The topological polar surface area (TPSA) is 89.6 Å². The van der Waals surface area contributed by atoms with E-state index in [1.807, 2.05) is 14.0 Å². The molecular formula is C13H12ClN5O2. The molecule has 0 amide bonds. The van der Waals surface area contributed by atoms with Gasteiger partial charge in [0.2, 0.25) is 0 Å². The second-order valence-corrected chi connectivity index (χ2v) is 5.19. The molecule has 0 atom stereocenters. The van der Waals surface area contributed by atoms with E-state index in [9.17, 15) is 10.1 Å². The minimum Gasteiger partial charge on any atom is -0.281 e. The molecule has 108 valence electrons. The Labute approximate surface area is 124 Å². The normalized spacial score (nSPS) is 11.2. The number of aromatic nitrogens is 4. The summed E-state index contributed by atoms with van der Waals surface area (Å²) in [6.07, 6.45) is 0.480. The number of aryl methyl sites for hydroxylation is 2. The van der Waals surface area contributed by atoms with Gasteiger partial charge in [-0.3, -0.25) is 19.9 Å². The van der Waals surface area contributed by atoms with Crippen molar-refractivity contribution < 1.29 is 4.92 Å². The van der Waals surface area contributed by atoms with E-state index in [2.05, 4.69) is 15.3 Å². The standard InChI is InChI=1S/C13H12ClN5O2/c1-7-13(14)12(18(2)17-7)6-11-9-5-8(19(20)21)3-4-10(9)15-16-11/h3-5H,6H2,1-2H3,(H,15,16). The first-order valence-corrected chi connectivity index (χ1v) is 6.64. The molecule has 0 saturated heterocycles. The lowest BCUT2D eigenvalue weighted by molar-refractivity contribution is -0.384. The molecule has 0 fully saturated rings. The molecule has 0 unspecified atom stereocenters. The van der Waals surface area contributed by atoms with E-state index in [0.29, 0.717) is 17.0 Å². The van der Waals surface area contributed by atoms with Gasteiger partial charge in [-0.25, -0.2) is 0 Å². The largest absolute Gasteiger partial charge is 0.281 e. The molecule has 3 rings (SSSR count). The van der Waals surface area contributed by atoms with Crippen LogP contribution in [-0.2, 0) is 13.5 Å². The highest BCUT2D eigenvalue weighted by Gasteiger charge is 2.16. The monoisotopic (exact) mass is 305 g/mol. The van der Waals surface area contributed by atoms with Crippen LogP contribution in [-0.4, -0.2) is 24.9 Å². The van der Waals surface area contributed by atoms with Crippen LogP contribution in [0, 0.1) is 17.0 Å². The van der Waals surface area contributed by atoms with E-state index >= 15 is 0 Å². The van der Waals surface area contributed by atoms with Crippen molar-refractivity contribution >= 4 is 28.2 Å². The Morgan fingerprint density at radius 3 is 2.86 bits per heavy atom. The highest BCUT2D eigenvalue weighted by molar-refractivity contribution is 6.31. The molecule has 3 aromatic rings. The molecule has 0 aliphatic heterocycles. The first-order chi connectivity index (χ1) is 9.97. The molecule has 1 N–H and O–H groups in total. The van der Waals surface area contributed by atoms with E-state index < -0.39 is 4.92 Å². The fourth-order valence-electron chi connectivity index (χ4n) is 2.34. The zero-order chi connectivity index (χ0) is 15.1. The first-order valence-electron chi connectivity index (χ1n) is 6.26. The number of nitro groups is 1. The number of nitrogens with zero attached hydrogens (tertiary/aromatic N) is 4. The summed E-state index contributed by atoms with van der Waals surface area (Å²) in [5, 5.41) is 23.6. The molecule has 1 aromatic carbocycles. The van der Waals surface area contributed by atoms with Gasteiger partial charge in [0.1, 0.15) is 0 Å². The Kier molecular flexibility index (Phi) is 3.13. The van der Waals surface area contributed by atoms with Crippen molar-refractivity contribution in [2.75, 3.05) is 0 Å². The van der Waals surface area contributed by atoms with Gasteiger partial charge in [0.15, 0.2) is 0 Å². The molecule has 0 aliphatic carbocycles. The minimum atomic E-state index is -0.419. The number of H-pyrrole nitrogens is 1. The summed E-state index contributed by atoms with van der Waals surface area (Å²) in [4.78, 5) is 10.5. The fraction of sp³-hybridized carbons (Fsp3) is 0.231. The van der Waals surface area contributed by atoms with E-state index in [1.165, 1.54) is 12.1 Å². The summed E-state index contributed by atoms with van der Waals surface area (Å²) in [5.74, 6) is 0. The van der Waals surface area contributed by atoms with Crippen molar-refractivity contribution in [3.8, 4) is 0 Å². The van der Waals surface area contributed by atoms with Crippen LogP contribution < -0.4 is 0 Å². The van der Waals surface area contributed by atoms with Crippen LogP contribution in [0.2, 0.25) is 5.02 Å². The second kappa shape index (κ2) is 4.85. The minimum absolute atomic E-state index is 0.0393. The van der Waals surface area contributed by atoms with E-state index in [1.54, 1.807) is 10.7 Å². The molecule has 2 heterocycles. The van der Waals surface area contributed by atoms with Crippen molar-refractivity contribution in [3.05, 3.63) is 50.4 Å². The van der Waals surface area contributed by atoms with Gasteiger partial charge >= 0.3 is 0 Å². The van der Waals surface area contributed by atoms with Gasteiger partial charge in [-0.15, -0.1) is 0 Å². The molecule has 0 bridgehead atoms. The SMILES string of the molecule is Cc1nn(C)c(Cc2[nH]nc3ccc([N+](=O)[O-])cc23)c1Cl. The number of non-ortho nitro benzene ring substituents is 1. The maximum absolute atomic E-state index is 10.9. The molecule has 8 heteroatoms. The highest BCUT2D eigenvalue weighted by atomic mass is 35.5. The number of hydrogen-bond donors (Lipinski definition) is 1. The third-order valence-corrected chi connectivity index (χ3v) is 3.92. The number of aromatic amines is 1. The van der Waals surface area contributed by atoms with Crippen molar-refractivity contribution in [3.63, 3.8) is 0 Å². The Hall–Kier alpha value is -2.41. The lowest BCUT2D eigenvalue weighted by Crippen LogP contribution is -2.00. The summed E-state index contributed by atoms with van der Waals surface area (Å²) >= 11 is 6.24. The predicted octanol–water partition coefficient (Wildman–Crippen LogP) is 2.76. The average molecular weight is 306 g/mol. The number of nitrogens with one attached hydrogen (secondary N) is 1. The van der Waals surface area contributed by atoms with Gasteiger partial charge in [-0.1, -0.05) is 11.6 Å². The maximum atomic E-state index is 10.9. The van der Waals surface area contributed by atoms with E-state index in [4.69, 9.17) is 11.6 Å². The zero-order valence-electron chi connectivity index (χ0n) is 11.4. The molecule has 0 saturated carbocycles. The van der Waals surface area contributed by atoms with Gasteiger partial charge in [-0.05, 0) is 13.0 Å². The Morgan fingerprint density at radius 1 is 1.48 bits per heavy atom. The number of fused-ring (bicyclic) bond motifs is 1. The number of hydrogen-bond acceptors (Lipinski definition) is 4. The fourth-order valence-corrected chi connectivity index (χ4v) is 2.57. The van der Waals surface area contributed by atoms with Crippen LogP contribution in [0.1, 0.15) is 17.1 Å². The summed E-state index contributed by atoms with van der Waals surface area (Å²) in [6, 6.07) is 4.59. The molecule has 0 radical (unpaired) electrons. The summed E-state index contributed by atoms with van der Waals surface area (Å²) in [6.45, 7) is 1.84. The number of halogens is 1. The van der Waals surface area contributed by atoms with Crippen molar-refractivity contribution in [2.45, 2.75) is 13.3 Å². The second-order valence-electron chi connectivity index (χ2n) is 4.81. The Bertz CT molecular complexity index is 852. The number of benzene rings is 1. The highest BCUT2D eigenvalue weighted by Crippen LogP contribution is 2.27. The lowest BCUT2D eigenvalue weighted by atomic mass is 10.1. The van der Waals surface area contributed by atoms with Crippen molar-refractivity contribution in [1.29, 1.82) is 0 Å². The third kappa shape index (κ3) is 2.25. The molecular weight excluding hydrogens is 294 g/mol. The zero-order valence-corrected chi connectivity index (χ0v) is 12.2. The quantitative estimate of drug-likeness (QED) is 0.595. The van der Waals surface area contributed by atoms with Crippen LogP contribution in [0.4, 0.5) is 5.69 Å².